The molecule has 1 saturated carbocycles. The lowest BCUT2D eigenvalue weighted by atomic mass is 9.99. The van der Waals surface area contributed by atoms with Crippen molar-refractivity contribution in [2.45, 2.75) is 44.2 Å². The number of fused-ring (bicyclic) bond motifs is 1. The minimum Gasteiger partial charge on any atom is -0.322 e. The summed E-state index contributed by atoms with van der Waals surface area (Å²) in [5.74, 6) is 1.18. The Hall–Kier alpha value is -1.06. The molecule has 0 bridgehead atoms. The topological polar surface area (TPSA) is 29.9 Å². The molecule has 3 nitrogen and oxygen atoms in total. The van der Waals surface area contributed by atoms with E-state index in [1.807, 2.05) is 12.1 Å². The molecule has 1 aliphatic heterocycles. The monoisotopic (exact) mass is 275 g/mol. The number of benzene rings is 1. The molecule has 0 spiro atoms. The third-order valence-electron chi connectivity index (χ3n) is 4.44. The van der Waals surface area contributed by atoms with Crippen molar-refractivity contribution in [3.8, 4) is 0 Å². The van der Waals surface area contributed by atoms with E-state index in [-0.39, 0.29) is 5.54 Å². The van der Waals surface area contributed by atoms with Crippen molar-refractivity contribution in [1.82, 2.24) is 14.9 Å². The second-order valence-corrected chi connectivity index (χ2v) is 6.41. The molecule has 1 aromatic heterocycles. The molecule has 0 amide bonds. The average Bonchev–Trinajstić information content (AvgIpc) is 3.00. The molecule has 100 valence electrons. The zero-order valence-corrected chi connectivity index (χ0v) is 11.9. The van der Waals surface area contributed by atoms with Crippen LogP contribution in [0.1, 0.15) is 44.5 Å². The van der Waals surface area contributed by atoms with Gasteiger partial charge in [-0.1, -0.05) is 17.7 Å². The molecule has 0 radical (unpaired) electrons. The molecule has 1 unspecified atom stereocenters. The quantitative estimate of drug-likeness (QED) is 0.907. The second-order valence-electron chi connectivity index (χ2n) is 6.01. The Morgan fingerprint density at radius 3 is 2.95 bits per heavy atom. The van der Waals surface area contributed by atoms with Crippen molar-refractivity contribution in [3.05, 3.63) is 29.0 Å². The number of nitrogens with one attached hydrogen (secondary N) is 1. The van der Waals surface area contributed by atoms with Gasteiger partial charge in [0.05, 0.1) is 21.6 Å². The van der Waals surface area contributed by atoms with Crippen LogP contribution in [0.4, 0.5) is 0 Å². The van der Waals surface area contributed by atoms with Gasteiger partial charge in [-0.3, -0.25) is 0 Å². The van der Waals surface area contributed by atoms with E-state index < -0.39 is 0 Å². The summed E-state index contributed by atoms with van der Waals surface area (Å²) in [5.41, 5.74) is 2.16. The van der Waals surface area contributed by atoms with E-state index in [9.17, 15) is 0 Å². The molecular weight excluding hydrogens is 258 g/mol. The Bertz CT molecular complexity index is 636. The molecule has 19 heavy (non-hydrogen) atoms. The Morgan fingerprint density at radius 1 is 1.42 bits per heavy atom. The van der Waals surface area contributed by atoms with Crippen LogP contribution in [-0.4, -0.2) is 16.1 Å². The number of halogens is 1. The van der Waals surface area contributed by atoms with Gasteiger partial charge in [-0.15, -0.1) is 0 Å². The van der Waals surface area contributed by atoms with Gasteiger partial charge < -0.3 is 9.88 Å². The molecule has 2 aliphatic rings. The number of hydrogen-bond acceptors (Lipinski definition) is 2. The van der Waals surface area contributed by atoms with Crippen molar-refractivity contribution < 1.29 is 0 Å². The summed E-state index contributed by atoms with van der Waals surface area (Å²) < 4.78 is 2.40. The Labute approximate surface area is 118 Å². The van der Waals surface area contributed by atoms with E-state index >= 15 is 0 Å². The number of imidazole rings is 1. The van der Waals surface area contributed by atoms with Crippen molar-refractivity contribution in [3.63, 3.8) is 0 Å². The van der Waals surface area contributed by atoms with Crippen molar-refractivity contribution in [2.75, 3.05) is 6.54 Å². The van der Waals surface area contributed by atoms with Crippen molar-refractivity contribution >= 4 is 22.6 Å². The normalized spacial score (nSPS) is 27.3. The lowest BCUT2D eigenvalue weighted by molar-refractivity contribution is 0.389. The summed E-state index contributed by atoms with van der Waals surface area (Å²) >= 11 is 6.42. The maximum Gasteiger partial charge on any atom is 0.130 e. The summed E-state index contributed by atoms with van der Waals surface area (Å²) in [7, 11) is 0. The van der Waals surface area contributed by atoms with Crippen LogP contribution < -0.4 is 5.32 Å². The summed E-state index contributed by atoms with van der Waals surface area (Å²) in [5, 5.41) is 4.45. The van der Waals surface area contributed by atoms with Crippen molar-refractivity contribution in [2.24, 2.45) is 0 Å². The lowest BCUT2D eigenvalue weighted by Gasteiger charge is -2.25. The highest BCUT2D eigenvalue weighted by molar-refractivity contribution is 6.35. The molecule has 1 aliphatic carbocycles. The summed E-state index contributed by atoms with van der Waals surface area (Å²) in [6, 6.07) is 6.63. The van der Waals surface area contributed by atoms with Gasteiger partial charge in [0.15, 0.2) is 0 Å². The molecule has 1 atom stereocenters. The van der Waals surface area contributed by atoms with E-state index in [0.29, 0.717) is 6.04 Å². The highest BCUT2D eigenvalue weighted by Gasteiger charge is 2.39. The number of para-hydroxylation sites is 1. The van der Waals surface area contributed by atoms with E-state index in [2.05, 4.69) is 22.9 Å². The van der Waals surface area contributed by atoms with Gasteiger partial charge >= 0.3 is 0 Å². The molecule has 4 heteroatoms. The van der Waals surface area contributed by atoms with Crippen LogP contribution >= 0.6 is 11.6 Å². The third-order valence-corrected chi connectivity index (χ3v) is 4.74. The van der Waals surface area contributed by atoms with Crippen LogP contribution in [0.3, 0.4) is 0 Å². The predicted molar refractivity (Wildman–Crippen MR) is 77.6 cm³/mol. The molecule has 1 aromatic carbocycles. The number of rotatable bonds is 2. The van der Waals surface area contributed by atoms with E-state index in [1.165, 1.54) is 25.1 Å². The summed E-state index contributed by atoms with van der Waals surface area (Å²) in [6.45, 7) is 3.35. The van der Waals surface area contributed by atoms with E-state index in [4.69, 9.17) is 16.6 Å². The molecular formula is C15H18ClN3. The zero-order valence-electron chi connectivity index (χ0n) is 11.1. The van der Waals surface area contributed by atoms with Gasteiger partial charge in [0.2, 0.25) is 0 Å². The van der Waals surface area contributed by atoms with Crippen LogP contribution in [0, 0.1) is 0 Å². The highest BCUT2D eigenvalue weighted by atomic mass is 35.5. The first kappa shape index (κ1) is 11.7. The van der Waals surface area contributed by atoms with Crippen LogP contribution in [-0.2, 0) is 5.54 Å². The second kappa shape index (κ2) is 3.97. The largest absolute Gasteiger partial charge is 0.322 e. The maximum atomic E-state index is 6.42. The molecule has 1 saturated heterocycles. The fourth-order valence-electron chi connectivity index (χ4n) is 3.27. The summed E-state index contributed by atoms with van der Waals surface area (Å²) in [4.78, 5) is 4.90. The number of hydrogen-bond donors (Lipinski definition) is 1. The zero-order chi connectivity index (χ0) is 13.0. The van der Waals surface area contributed by atoms with Gasteiger partial charge in [0.1, 0.15) is 5.82 Å². The standard InChI is InChI=1S/C15H18ClN3/c1-15(8-3-9-17-15)14-18-12-5-2-4-11(16)13(12)19(14)10-6-7-10/h2,4-5,10,17H,3,6-9H2,1H3. The summed E-state index contributed by atoms with van der Waals surface area (Å²) in [6.07, 6.45) is 4.87. The van der Waals surface area contributed by atoms with Crippen LogP contribution in [0.5, 0.6) is 0 Å². The molecule has 2 heterocycles. The molecule has 4 rings (SSSR count). The SMILES string of the molecule is CC1(c2nc3cccc(Cl)c3n2C2CC2)CCCN1. The molecule has 2 aromatic rings. The third kappa shape index (κ3) is 1.72. The lowest BCUT2D eigenvalue weighted by Crippen LogP contribution is -2.36. The van der Waals surface area contributed by atoms with Crippen LogP contribution in [0.25, 0.3) is 11.0 Å². The van der Waals surface area contributed by atoms with E-state index in [0.717, 1.165) is 29.0 Å². The van der Waals surface area contributed by atoms with Crippen LogP contribution in [0.15, 0.2) is 18.2 Å². The van der Waals surface area contributed by atoms with Gasteiger partial charge in [-0.25, -0.2) is 4.98 Å². The Kier molecular flexibility index (Phi) is 2.45. The van der Waals surface area contributed by atoms with E-state index in [1.54, 1.807) is 0 Å². The van der Waals surface area contributed by atoms with Crippen molar-refractivity contribution in [1.29, 1.82) is 0 Å². The fourth-order valence-corrected chi connectivity index (χ4v) is 3.53. The van der Waals surface area contributed by atoms with Crippen LogP contribution in [0.2, 0.25) is 5.02 Å². The minimum absolute atomic E-state index is 0.00490. The minimum atomic E-state index is 0.00490. The average molecular weight is 276 g/mol. The Morgan fingerprint density at radius 2 is 2.26 bits per heavy atom. The maximum absolute atomic E-state index is 6.42. The fraction of sp³-hybridized carbons (Fsp3) is 0.533. The van der Waals surface area contributed by atoms with Gasteiger partial charge in [0.25, 0.3) is 0 Å². The molecule has 1 N–H and O–H groups in total. The number of nitrogens with zero attached hydrogens (tertiary/aromatic N) is 2. The van der Waals surface area contributed by atoms with Gasteiger partial charge in [0, 0.05) is 6.04 Å². The highest BCUT2D eigenvalue weighted by Crippen LogP contribution is 2.44. The molecule has 2 fully saturated rings. The van der Waals surface area contributed by atoms with Gasteiger partial charge in [-0.05, 0) is 51.3 Å². The first-order valence-corrected chi connectivity index (χ1v) is 7.49. The Balaban J connectivity index is 1.99. The smallest absolute Gasteiger partial charge is 0.130 e. The first-order valence-electron chi connectivity index (χ1n) is 7.11. The van der Waals surface area contributed by atoms with Gasteiger partial charge in [-0.2, -0.15) is 0 Å². The predicted octanol–water partition coefficient (Wildman–Crippen LogP) is 3.62. The number of aromatic nitrogens is 2. The first-order chi connectivity index (χ1) is 9.19.